The minimum Gasteiger partial charge on any atom is -0.508 e. The molecule has 0 radical (unpaired) electrons. The standard InChI is InChI=1S/C15H21NO3S/c1-15(2)5-6-16(7-8-20-15)10-14(19)12-4-3-11(17)9-13(12)18/h3-4,9,17-18H,5-8,10H2,1-2H3. The maximum absolute atomic E-state index is 12.2. The van der Waals surface area contributed by atoms with Gasteiger partial charge in [-0.25, -0.2) is 0 Å². The van der Waals surface area contributed by atoms with Crippen molar-refractivity contribution in [3.05, 3.63) is 23.8 Å². The normalized spacial score (nSPS) is 19.5. The van der Waals surface area contributed by atoms with Gasteiger partial charge in [0, 0.05) is 23.1 Å². The number of rotatable bonds is 3. The van der Waals surface area contributed by atoms with Crippen molar-refractivity contribution in [1.82, 2.24) is 4.90 Å². The lowest BCUT2D eigenvalue weighted by Gasteiger charge is -2.22. The molecule has 0 saturated carbocycles. The predicted octanol–water partition coefficient (Wildman–Crippen LogP) is 2.50. The summed E-state index contributed by atoms with van der Waals surface area (Å²) in [4.78, 5) is 14.4. The van der Waals surface area contributed by atoms with Crippen LogP contribution in [0.5, 0.6) is 11.5 Å². The van der Waals surface area contributed by atoms with E-state index in [9.17, 15) is 15.0 Å². The number of ketones is 1. The van der Waals surface area contributed by atoms with E-state index in [1.807, 2.05) is 11.8 Å². The second kappa shape index (κ2) is 6.06. The second-order valence-electron chi connectivity index (χ2n) is 5.76. The summed E-state index contributed by atoms with van der Waals surface area (Å²) in [6, 6.07) is 4.10. The number of thioether (sulfide) groups is 1. The molecule has 0 aromatic heterocycles. The van der Waals surface area contributed by atoms with E-state index >= 15 is 0 Å². The fraction of sp³-hybridized carbons (Fsp3) is 0.533. The molecular weight excluding hydrogens is 274 g/mol. The fourth-order valence-electron chi connectivity index (χ4n) is 2.26. The Morgan fingerprint density at radius 3 is 2.80 bits per heavy atom. The minimum absolute atomic E-state index is 0.0352. The van der Waals surface area contributed by atoms with Gasteiger partial charge in [0.1, 0.15) is 11.5 Å². The molecule has 5 heteroatoms. The third-order valence-electron chi connectivity index (χ3n) is 3.58. The van der Waals surface area contributed by atoms with Crippen LogP contribution in [0.15, 0.2) is 18.2 Å². The molecule has 2 N–H and O–H groups in total. The summed E-state index contributed by atoms with van der Waals surface area (Å²) in [5.74, 6) is 0.723. The van der Waals surface area contributed by atoms with Gasteiger partial charge in [-0.2, -0.15) is 11.8 Å². The fourth-order valence-corrected chi connectivity index (χ4v) is 3.40. The van der Waals surface area contributed by atoms with Crippen molar-refractivity contribution in [2.75, 3.05) is 25.4 Å². The first-order valence-corrected chi connectivity index (χ1v) is 7.77. The Kier molecular flexibility index (Phi) is 4.60. The number of Topliss-reactive ketones (excluding diaryl/α,β-unsaturated/α-hetero) is 1. The number of carbonyl (C=O) groups excluding carboxylic acids is 1. The van der Waals surface area contributed by atoms with Crippen molar-refractivity contribution in [3.8, 4) is 11.5 Å². The van der Waals surface area contributed by atoms with Gasteiger partial charge < -0.3 is 10.2 Å². The average molecular weight is 295 g/mol. The van der Waals surface area contributed by atoms with Crippen molar-refractivity contribution in [3.63, 3.8) is 0 Å². The maximum Gasteiger partial charge on any atom is 0.180 e. The van der Waals surface area contributed by atoms with Gasteiger partial charge in [-0.05, 0) is 25.1 Å². The lowest BCUT2D eigenvalue weighted by molar-refractivity contribution is 0.0931. The summed E-state index contributed by atoms with van der Waals surface area (Å²) in [7, 11) is 0. The number of hydrogen-bond donors (Lipinski definition) is 2. The summed E-state index contributed by atoms with van der Waals surface area (Å²) < 4.78 is 0.262. The molecule has 20 heavy (non-hydrogen) atoms. The molecule has 4 nitrogen and oxygen atoms in total. The first-order valence-electron chi connectivity index (χ1n) is 6.79. The minimum atomic E-state index is -0.153. The van der Waals surface area contributed by atoms with Gasteiger partial charge in [0.15, 0.2) is 5.78 Å². The molecule has 0 bridgehead atoms. The zero-order valence-electron chi connectivity index (χ0n) is 11.9. The van der Waals surface area contributed by atoms with Crippen LogP contribution in [0, 0.1) is 0 Å². The van der Waals surface area contributed by atoms with E-state index in [4.69, 9.17) is 0 Å². The van der Waals surface area contributed by atoms with Crippen molar-refractivity contribution < 1.29 is 15.0 Å². The van der Waals surface area contributed by atoms with Gasteiger partial charge in [-0.3, -0.25) is 9.69 Å². The average Bonchev–Trinajstić information content (AvgIpc) is 2.51. The van der Waals surface area contributed by atoms with Crippen LogP contribution < -0.4 is 0 Å². The topological polar surface area (TPSA) is 60.8 Å². The predicted molar refractivity (Wildman–Crippen MR) is 81.7 cm³/mol. The summed E-state index contributed by atoms with van der Waals surface area (Å²) >= 11 is 1.94. The van der Waals surface area contributed by atoms with E-state index in [0.29, 0.717) is 6.54 Å². The third-order valence-corrected chi connectivity index (χ3v) is 4.95. The summed E-state index contributed by atoms with van der Waals surface area (Å²) in [5, 5.41) is 19.0. The highest BCUT2D eigenvalue weighted by Crippen LogP contribution is 2.31. The van der Waals surface area contributed by atoms with E-state index in [1.165, 1.54) is 18.2 Å². The van der Waals surface area contributed by atoms with Crippen molar-refractivity contribution >= 4 is 17.5 Å². The molecule has 1 aromatic rings. The van der Waals surface area contributed by atoms with E-state index in [2.05, 4.69) is 18.7 Å². The van der Waals surface area contributed by atoms with Gasteiger partial charge >= 0.3 is 0 Å². The molecular formula is C15H21NO3S. The smallest absolute Gasteiger partial charge is 0.180 e. The van der Waals surface area contributed by atoms with Gasteiger partial charge in [0.25, 0.3) is 0 Å². The molecule has 1 aliphatic rings. The Morgan fingerprint density at radius 1 is 1.35 bits per heavy atom. The van der Waals surface area contributed by atoms with Crippen LogP contribution in [-0.2, 0) is 0 Å². The lowest BCUT2D eigenvalue weighted by Crippen LogP contribution is -2.32. The molecule has 2 rings (SSSR count). The SMILES string of the molecule is CC1(C)CCN(CC(=O)c2ccc(O)cc2O)CCS1. The van der Waals surface area contributed by atoms with Gasteiger partial charge in [0.2, 0.25) is 0 Å². The highest BCUT2D eigenvalue weighted by Gasteiger charge is 2.25. The Hall–Kier alpha value is -1.20. The van der Waals surface area contributed by atoms with Crippen LogP contribution in [0.3, 0.4) is 0 Å². The number of aromatic hydroxyl groups is 2. The molecule has 0 aliphatic carbocycles. The van der Waals surface area contributed by atoms with E-state index in [1.54, 1.807) is 0 Å². The second-order valence-corrected chi connectivity index (χ2v) is 7.56. The number of nitrogens with zero attached hydrogens (tertiary/aromatic N) is 1. The number of phenols is 2. The van der Waals surface area contributed by atoms with Crippen LogP contribution in [0.25, 0.3) is 0 Å². The van der Waals surface area contributed by atoms with Crippen LogP contribution in [0.4, 0.5) is 0 Å². The van der Waals surface area contributed by atoms with E-state index in [-0.39, 0.29) is 27.6 Å². The van der Waals surface area contributed by atoms with E-state index < -0.39 is 0 Å². The summed E-state index contributed by atoms with van der Waals surface area (Å²) in [6.07, 6.45) is 1.05. The van der Waals surface area contributed by atoms with Gasteiger partial charge in [-0.15, -0.1) is 0 Å². The Labute approximate surface area is 123 Å². The quantitative estimate of drug-likeness (QED) is 0.839. The Morgan fingerprint density at radius 2 is 2.10 bits per heavy atom. The largest absolute Gasteiger partial charge is 0.508 e. The van der Waals surface area contributed by atoms with Crippen molar-refractivity contribution in [2.24, 2.45) is 0 Å². The van der Waals surface area contributed by atoms with Crippen LogP contribution >= 0.6 is 11.8 Å². The molecule has 0 spiro atoms. The lowest BCUT2D eigenvalue weighted by atomic mass is 10.1. The molecule has 1 saturated heterocycles. The Balaban J connectivity index is 2.01. The number of phenolic OH excluding ortho intramolecular Hbond substituents is 2. The van der Waals surface area contributed by atoms with Gasteiger partial charge in [0.05, 0.1) is 12.1 Å². The maximum atomic E-state index is 12.2. The summed E-state index contributed by atoms with van der Waals surface area (Å²) in [5.41, 5.74) is 0.277. The molecule has 0 amide bonds. The van der Waals surface area contributed by atoms with E-state index in [0.717, 1.165) is 25.3 Å². The molecule has 1 fully saturated rings. The monoisotopic (exact) mass is 295 g/mol. The number of hydrogen-bond acceptors (Lipinski definition) is 5. The number of benzene rings is 1. The highest BCUT2D eigenvalue weighted by molar-refractivity contribution is 8.00. The van der Waals surface area contributed by atoms with Crippen LogP contribution in [-0.4, -0.2) is 51.0 Å². The summed E-state index contributed by atoms with van der Waals surface area (Å²) in [6.45, 7) is 6.56. The first kappa shape index (κ1) is 15.2. The third kappa shape index (κ3) is 3.90. The van der Waals surface area contributed by atoms with Crippen molar-refractivity contribution in [1.29, 1.82) is 0 Å². The molecule has 1 heterocycles. The van der Waals surface area contributed by atoms with Crippen LogP contribution in [0.1, 0.15) is 30.6 Å². The zero-order chi connectivity index (χ0) is 14.8. The molecule has 110 valence electrons. The Bertz CT molecular complexity index is 502. The van der Waals surface area contributed by atoms with Crippen LogP contribution in [0.2, 0.25) is 0 Å². The zero-order valence-corrected chi connectivity index (χ0v) is 12.7. The van der Waals surface area contributed by atoms with Gasteiger partial charge in [-0.1, -0.05) is 13.8 Å². The number of carbonyl (C=O) groups is 1. The first-order chi connectivity index (χ1) is 9.37. The molecule has 1 aliphatic heterocycles. The highest BCUT2D eigenvalue weighted by atomic mass is 32.2. The van der Waals surface area contributed by atoms with Crippen molar-refractivity contribution in [2.45, 2.75) is 25.0 Å². The molecule has 0 unspecified atom stereocenters. The molecule has 0 atom stereocenters. The molecule has 1 aromatic carbocycles.